The number of anilines is 1. The zero-order valence-corrected chi connectivity index (χ0v) is 15.1. The monoisotopic (exact) mass is 367 g/mol. The number of cyclic esters (lactones) is 1. The lowest BCUT2D eigenvalue weighted by molar-refractivity contribution is 0.179. The van der Waals surface area contributed by atoms with E-state index in [9.17, 15) is 9.59 Å². The molecule has 27 heavy (non-hydrogen) atoms. The summed E-state index contributed by atoms with van der Waals surface area (Å²) in [4.78, 5) is 29.3. The fourth-order valence-electron chi connectivity index (χ4n) is 4.23. The van der Waals surface area contributed by atoms with Gasteiger partial charge in [0.05, 0.1) is 28.3 Å². The molecule has 0 spiro atoms. The molecule has 2 aromatic heterocycles. The highest BCUT2D eigenvalue weighted by Gasteiger charge is 2.33. The van der Waals surface area contributed by atoms with E-state index in [0.29, 0.717) is 12.3 Å². The second kappa shape index (κ2) is 6.09. The Kier molecular flexibility index (Phi) is 3.68. The number of rotatable bonds is 2. The molecule has 0 aliphatic carbocycles. The van der Waals surface area contributed by atoms with Gasteiger partial charge in [0.25, 0.3) is 5.56 Å². The highest BCUT2D eigenvalue weighted by Crippen LogP contribution is 2.34. The molecular formula is C19H21N5O3. The summed E-state index contributed by atoms with van der Waals surface area (Å²) in [5.41, 5.74) is 2.87. The summed E-state index contributed by atoms with van der Waals surface area (Å²) in [6, 6.07) is 7.24. The number of aromatic nitrogens is 3. The normalized spacial score (nSPS) is 21.3. The maximum atomic E-state index is 12.4. The summed E-state index contributed by atoms with van der Waals surface area (Å²) in [6.07, 6.45) is 1.57. The van der Waals surface area contributed by atoms with E-state index in [2.05, 4.69) is 10.3 Å². The van der Waals surface area contributed by atoms with E-state index in [1.807, 2.05) is 29.6 Å². The lowest BCUT2D eigenvalue weighted by Crippen LogP contribution is -2.31. The molecule has 2 aliphatic rings. The van der Waals surface area contributed by atoms with Gasteiger partial charge >= 0.3 is 6.09 Å². The van der Waals surface area contributed by atoms with Crippen LogP contribution in [0.1, 0.15) is 31.4 Å². The molecule has 1 amide bonds. The maximum absolute atomic E-state index is 12.4. The van der Waals surface area contributed by atoms with Crippen LogP contribution in [0.4, 0.5) is 10.5 Å². The van der Waals surface area contributed by atoms with Gasteiger partial charge in [0.1, 0.15) is 12.3 Å². The maximum Gasteiger partial charge on any atom is 0.414 e. The van der Waals surface area contributed by atoms with Crippen molar-refractivity contribution in [3.05, 3.63) is 40.3 Å². The molecule has 2 saturated heterocycles. The van der Waals surface area contributed by atoms with Crippen LogP contribution in [-0.4, -0.2) is 46.4 Å². The fraction of sp³-hybridized carbons (Fsp3) is 0.421. The molecule has 2 fully saturated rings. The van der Waals surface area contributed by atoms with E-state index in [-0.39, 0.29) is 23.6 Å². The Bertz CT molecular complexity index is 1100. The van der Waals surface area contributed by atoms with Crippen molar-refractivity contribution in [1.82, 2.24) is 19.9 Å². The average molecular weight is 367 g/mol. The van der Waals surface area contributed by atoms with Gasteiger partial charge in [-0.15, -0.1) is 0 Å². The van der Waals surface area contributed by atoms with Crippen molar-refractivity contribution >= 4 is 28.3 Å². The van der Waals surface area contributed by atoms with Crippen molar-refractivity contribution in [3.8, 4) is 0 Å². The first kappa shape index (κ1) is 16.3. The van der Waals surface area contributed by atoms with Crippen LogP contribution >= 0.6 is 0 Å². The number of nitrogens with zero attached hydrogens (tertiary/aromatic N) is 3. The Morgan fingerprint density at radius 3 is 2.78 bits per heavy atom. The first-order chi connectivity index (χ1) is 13.1. The Hall–Kier alpha value is -2.87. The summed E-state index contributed by atoms with van der Waals surface area (Å²) in [6.45, 7) is 4.16. The summed E-state index contributed by atoms with van der Waals surface area (Å²) < 4.78 is 7.04. The van der Waals surface area contributed by atoms with Gasteiger partial charge in [0.15, 0.2) is 0 Å². The fourth-order valence-corrected chi connectivity index (χ4v) is 4.23. The number of ether oxygens (including phenoxy) is 1. The van der Waals surface area contributed by atoms with Crippen LogP contribution in [0.25, 0.3) is 16.6 Å². The second-order valence-corrected chi connectivity index (χ2v) is 7.31. The number of carbonyl (C=O) groups is 1. The Labute approximate surface area is 155 Å². The summed E-state index contributed by atoms with van der Waals surface area (Å²) >= 11 is 0. The van der Waals surface area contributed by atoms with Crippen molar-refractivity contribution in [3.63, 3.8) is 0 Å². The summed E-state index contributed by atoms with van der Waals surface area (Å²) in [5, 5.41) is 8.89. The second-order valence-electron chi connectivity index (χ2n) is 7.31. The average Bonchev–Trinajstić information content (AvgIpc) is 3.21. The Morgan fingerprint density at radius 1 is 1.22 bits per heavy atom. The van der Waals surface area contributed by atoms with E-state index in [1.54, 1.807) is 11.0 Å². The molecule has 0 saturated carbocycles. The number of carbonyl (C=O) groups excluding carboxylic acids is 1. The Morgan fingerprint density at radius 2 is 2.04 bits per heavy atom. The molecule has 3 aromatic rings. The van der Waals surface area contributed by atoms with E-state index < -0.39 is 0 Å². The van der Waals surface area contributed by atoms with Crippen molar-refractivity contribution in [2.24, 2.45) is 0 Å². The Balaban J connectivity index is 1.78. The van der Waals surface area contributed by atoms with Gasteiger partial charge in [0, 0.05) is 12.0 Å². The van der Waals surface area contributed by atoms with Crippen molar-refractivity contribution < 1.29 is 9.53 Å². The third kappa shape index (κ3) is 2.51. The number of H-pyrrole nitrogens is 1. The number of aromatic amines is 1. The number of hydrogen-bond acceptors (Lipinski definition) is 5. The smallest absolute Gasteiger partial charge is 0.414 e. The quantitative estimate of drug-likeness (QED) is 0.723. The zero-order chi connectivity index (χ0) is 18.5. The molecule has 0 radical (unpaired) electrons. The minimum absolute atomic E-state index is 0.0719. The molecule has 8 nitrogen and oxygen atoms in total. The predicted octanol–water partition coefficient (Wildman–Crippen LogP) is 1.99. The number of nitrogens with one attached hydrogen (secondary N) is 2. The van der Waals surface area contributed by atoms with Crippen LogP contribution in [0.2, 0.25) is 0 Å². The van der Waals surface area contributed by atoms with Gasteiger partial charge in [0.2, 0.25) is 0 Å². The molecule has 5 rings (SSSR count). The van der Waals surface area contributed by atoms with Crippen LogP contribution < -0.4 is 15.8 Å². The topological polar surface area (TPSA) is 91.7 Å². The summed E-state index contributed by atoms with van der Waals surface area (Å²) in [5.74, 6) is 0.282. The van der Waals surface area contributed by atoms with Crippen LogP contribution in [-0.2, 0) is 4.74 Å². The van der Waals surface area contributed by atoms with E-state index in [0.717, 1.165) is 48.2 Å². The molecule has 140 valence electrons. The first-order valence-electron chi connectivity index (χ1n) is 9.35. The van der Waals surface area contributed by atoms with Crippen LogP contribution in [0.5, 0.6) is 0 Å². The number of amides is 1. The highest BCUT2D eigenvalue weighted by atomic mass is 16.6. The van der Waals surface area contributed by atoms with Crippen LogP contribution in [0.15, 0.2) is 29.1 Å². The van der Waals surface area contributed by atoms with Crippen LogP contribution in [0, 0.1) is 0 Å². The van der Waals surface area contributed by atoms with E-state index in [4.69, 9.17) is 9.84 Å². The number of benzene rings is 1. The standard InChI is InChI=1S/C19H21N5O3/c1-11-10-27-19(26)23(11)14-4-2-3-13-17(14)18-21-16(25)9-15(24(18)22-13)12-5-7-20-8-6-12/h2-4,9,11-12,20H,5-8,10H2,1H3,(H,21,25)/t11-/m1/s1. The van der Waals surface area contributed by atoms with Crippen molar-refractivity contribution in [2.45, 2.75) is 31.7 Å². The molecule has 0 unspecified atom stereocenters. The molecule has 4 heterocycles. The van der Waals surface area contributed by atoms with Gasteiger partial charge in [-0.05, 0) is 45.0 Å². The van der Waals surface area contributed by atoms with Gasteiger partial charge in [-0.25, -0.2) is 9.31 Å². The first-order valence-corrected chi connectivity index (χ1v) is 9.35. The molecular weight excluding hydrogens is 346 g/mol. The molecule has 1 atom stereocenters. The molecule has 8 heteroatoms. The zero-order valence-electron chi connectivity index (χ0n) is 15.1. The van der Waals surface area contributed by atoms with Crippen molar-refractivity contribution in [1.29, 1.82) is 0 Å². The largest absolute Gasteiger partial charge is 0.447 e. The van der Waals surface area contributed by atoms with E-state index in [1.165, 1.54) is 0 Å². The molecule has 2 N–H and O–H groups in total. The van der Waals surface area contributed by atoms with Gasteiger partial charge in [-0.1, -0.05) is 6.07 Å². The van der Waals surface area contributed by atoms with Gasteiger partial charge < -0.3 is 15.0 Å². The summed E-state index contributed by atoms with van der Waals surface area (Å²) in [7, 11) is 0. The third-order valence-corrected chi connectivity index (χ3v) is 5.54. The number of piperidine rings is 1. The van der Waals surface area contributed by atoms with Gasteiger partial charge in [-0.3, -0.25) is 9.69 Å². The highest BCUT2D eigenvalue weighted by molar-refractivity contribution is 6.07. The predicted molar refractivity (Wildman–Crippen MR) is 101 cm³/mol. The van der Waals surface area contributed by atoms with Crippen LogP contribution in [0.3, 0.4) is 0 Å². The lowest BCUT2D eigenvalue weighted by atomic mass is 9.94. The molecule has 2 aliphatic heterocycles. The van der Waals surface area contributed by atoms with E-state index >= 15 is 0 Å². The number of hydrogen-bond donors (Lipinski definition) is 2. The SMILES string of the molecule is C[C@@H]1COC(=O)N1c1cccc2nn3c(C4CCNCC4)cc(=O)[nH]c3c12. The van der Waals surface area contributed by atoms with Crippen molar-refractivity contribution in [2.75, 3.05) is 24.6 Å². The lowest BCUT2D eigenvalue weighted by Gasteiger charge is -2.23. The third-order valence-electron chi connectivity index (χ3n) is 5.54. The molecule has 1 aromatic carbocycles. The molecule has 0 bridgehead atoms. The van der Waals surface area contributed by atoms with Gasteiger partial charge in [-0.2, -0.15) is 5.10 Å². The number of fused-ring (bicyclic) bond motifs is 3. The minimum Gasteiger partial charge on any atom is -0.447 e. The minimum atomic E-state index is -0.369.